The van der Waals surface area contributed by atoms with Crippen molar-refractivity contribution in [2.24, 2.45) is 5.41 Å². The topological polar surface area (TPSA) is 129 Å². The molecule has 1 aromatic rings. The summed E-state index contributed by atoms with van der Waals surface area (Å²) in [4.78, 5) is 72.3. The van der Waals surface area contributed by atoms with Crippen molar-refractivity contribution in [2.75, 3.05) is 86.8 Å². The molecule has 13 nitrogen and oxygen atoms in total. The van der Waals surface area contributed by atoms with Crippen LogP contribution in [-0.4, -0.2) is 122 Å². The predicted octanol–water partition coefficient (Wildman–Crippen LogP) is 3.74. The minimum Gasteiger partial charge on any atom is -0.465 e. The molecule has 0 radical (unpaired) electrons. The Balaban J connectivity index is 1.43. The maximum atomic E-state index is 13.7. The third-order valence-electron chi connectivity index (χ3n) is 9.73. The second kappa shape index (κ2) is 15.8. The minimum atomic E-state index is -1.12. The molecule has 0 bridgehead atoms. The Hall–Kier alpha value is -3.64. The standard InChI is InChI=1S/C33H53N7O6/c1-7-36(8-2)27-26(24(6)41)28(35-31(34-27)37(9-3)10-4)38-19-21-39(22-20-38)32(44)46-23-25-15-14-18-40(25)29(42)33(16-12-13-17-33)30(43)45-11-5/h25H,7-23H2,1-6H3. The smallest absolute Gasteiger partial charge is 0.409 e. The summed E-state index contributed by atoms with van der Waals surface area (Å²) in [6.07, 6.45) is 3.73. The van der Waals surface area contributed by atoms with Crippen molar-refractivity contribution in [3.05, 3.63) is 5.56 Å². The first-order chi connectivity index (χ1) is 22.1. The number of rotatable bonds is 13. The molecule has 256 valence electrons. The van der Waals surface area contributed by atoms with Crippen LogP contribution >= 0.6 is 0 Å². The molecule has 0 spiro atoms. The molecule has 13 heteroatoms. The molecule has 1 unspecified atom stereocenters. The van der Waals surface area contributed by atoms with E-state index in [1.807, 2.05) is 13.8 Å². The van der Waals surface area contributed by atoms with Crippen LogP contribution in [0.5, 0.6) is 0 Å². The van der Waals surface area contributed by atoms with Gasteiger partial charge in [0.1, 0.15) is 29.2 Å². The quantitative estimate of drug-likeness (QED) is 0.177. The summed E-state index contributed by atoms with van der Waals surface area (Å²) < 4.78 is 11.1. The summed E-state index contributed by atoms with van der Waals surface area (Å²) in [6, 6.07) is -0.263. The Morgan fingerprint density at radius 1 is 0.826 bits per heavy atom. The molecule has 3 heterocycles. The fraction of sp³-hybridized carbons (Fsp3) is 0.758. The lowest BCUT2D eigenvalue weighted by Gasteiger charge is -2.37. The van der Waals surface area contributed by atoms with Gasteiger partial charge >= 0.3 is 12.1 Å². The van der Waals surface area contributed by atoms with Gasteiger partial charge in [-0.05, 0) is 67.2 Å². The number of carbonyl (C=O) groups excluding carboxylic acids is 4. The van der Waals surface area contributed by atoms with Crippen molar-refractivity contribution in [1.29, 1.82) is 0 Å². The summed E-state index contributed by atoms with van der Waals surface area (Å²) in [5.41, 5.74) is -0.612. The molecule has 2 saturated heterocycles. The van der Waals surface area contributed by atoms with Crippen LogP contribution in [0.4, 0.5) is 22.4 Å². The molecule has 1 aromatic heterocycles. The molecule has 3 fully saturated rings. The molecule has 1 saturated carbocycles. The Morgan fingerprint density at radius 2 is 1.46 bits per heavy atom. The van der Waals surface area contributed by atoms with Crippen LogP contribution in [0.25, 0.3) is 0 Å². The van der Waals surface area contributed by atoms with Crippen molar-refractivity contribution >= 4 is 41.3 Å². The van der Waals surface area contributed by atoms with E-state index in [0.717, 1.165) is 38.8 Å². The van der Waals surface area contributed by atoms with E-state index >= 15 is 0 Å². The van der Waals surface area contributed by atoms with Gasteiger partial charge in [0.2, 0.25) is 11.9 Å². The zero-order chi connectivity index (χ0) is 33.4. The van der Waals surface area contributed by atoms with Crippen LogP contribution < -0.4 is 14.7 Å². The van der Waals surface area contributed by atoms with E-state index in [1.165, 1.54) is 0 Å². The average molecular weight is 644 g/mol. The van der Waals surface area contributed by atoms with Crippen LogP contribution in [-0.2, 0) is 19.1 Å². The van der Waals surface area contributed by atoms with Gasteiger partial charge in [-0.25, -0.2) is 4.79 Å². The van der Waals surface area contributed by atoms with E-state index in [2.05, 4.69) is 28.5 Å². The number of hydrogen-bond acceptors (Lipinski definition) is 11. The highest BCUT2D eigenvalue weighted by molar-refractivity contribution is 6.04. The van der Waals surface area contributed by atoms with Crippen molar-refractivity contribution in [3.8, 4) is 0 Å². The molecular weight excluding hydrogens is 590 g/mol. The molecule has 3 aliphatic rings. The van der Waals surface area contributed by atoms with Gasteiger partial charge in [0.25, 0.3) is 0 Å². The third-order valence-corrected chi connectivity index (χ3v) is 9.73. The van der Waals surface area contributed by atoms with E-state index in [1.54, 1.807) is 23.6 Å². The summed E-state index contributed by atoms with van der Waals surface area (Å²) in [7, 11) is 0. The number of aromatic nitrogens is 2. The van der Waals surface area contributed by atoms with Crippen LogP contribution in [0.2, 0.25) is 0 Å². The molecule has 0 aromatic carbocycles. The van der Waals surface area contributed by atoms with Crippen LogP contribution in [0.15, 0.2) is 0 Å². The van der Waals surface area contributed by atoms with Gasteiger partial charge in [-0.15, -0.1) is 0 Å². The second-order valence-electron chi connectivity index (χ2n) is 12.3. The number of amides is 2. The number of Topliss-reactive ketones (excluding diaryl/α,β-unsaturated/α-hetero) is 1. The number of piperazine rings is 1. The molecule has 2 aliphatic heterocycles. The summed E-state index contributed by atoms with van der Waals surface area (Å²) in [5, 5.41) is 0. The summed E-state index contributed by atoms with van der Waals surface area (Å²) >= 11 is 0. The first-order valence-electron chi connectivity index (χ1n) is 17.2. The van der Waals surface area contributed by atoms with E-state index in [9.17, 15) is 19.2 Å². The van der Waals surface area contributed by atoms with Gasteiger partial charge in [0.15, 0.2) is 5.78 Å². The fourth-order valence-electron chi connectivity index (χ4n) is 7.03. The monoisotopic (exact) mass is 643 g/mol. The zero-order valence-corrected chi connectivity index (χ0v) is 28.7. The predicted molar refractivity (Wildman–Crippen MR) is 177 cm³/mol. The van der Waals surface area contributed by atoms with Crippen LogP contribution in [0.3, 0.4) is 0 Å². The van der Waals surface area contributed by atoms with Crippen molar-refractivity contribution in [2.45, 2.75) is 86.1 Å². The van der Waals surface area contributed by atoms with Gasteiger partial charge in [-0.2, -0.15) is 9.97 Å². The van der Waals surface area contributed by atoms with Crippen LogP contribution in [0.1, 0.15) is 90.4 Å². The Bertz CT molecular complexity index is 1240. The number of carbonyl (C=O) groups is 4. The van der Waals surface area contributed by atoms with Crippen LogP contribution in [0, 0.1) is 5.41 Å². The molecule has 4 rings (SSSR count). The highest BCUT2D eigenvalue weighted by atomic mass is 16.6. The number of hydrogen-bond donors (Lipinski definition) is 0. The maximum absolute atomic E-state index is 13.7. The molecule has 0 N–H and O–H groups in total. The largest absolute Gasteiger partial charge is 0.465 e. The maximum Gasteiger partial charge on any atom is 0.409 e. The summed E-state index contributed by atoms with van der Waals surface area (Å²) in [5.74, 6) is 1.12. The van der Waals surface area contributed by atoms with E-state index in [0.29, 0.717) is 81.8 Å². The second-order valence-corrected chi connectivity index (χ2v) is 12.3. The molecule has 1 aliphatic carbocycles. The third kappa shape index (κ3) is 7.17. The number of ketones is 1. The first kappa shape index (κ1) is 35.2. The molecule has 1 atom stereocenters. The first-order valence-corrected chi connectivity index (χ1v) is 17.2. The minimum absolute atomic E-state index is 0.0878. The lowest BCUT2D eigenvalue weighted by molar-refractivity contribution is -0.165. The van der Waals surface area contributed by atoms with E-state index in [-0.39, 0.29) is 30.9 Å². The lowest BCUT2D eigenvalue weighted by Crippen LogP contribution is -2.52. The van der Waals surface area contributed by atoms with E-state index in [4.69, 9.17) is 19.4 Å². The van der Waals surface area contributed by atoms with Gasteiger partial charge in [0.05, 0.1) is 12.6 Å². The van der Waals surface area contributed by atoms with Gasteiger partial charge in [0, 0.05) is 58.9 Å². The van der Waals surface area contributed by atoms with Crippen molar-refractivity contribution in [3.63, 3.8) is 0 Å². The molecular formula is C33H53N7O6. The normalized spacial score (nSPS) is 19.3. The summed E-state index contributed by atoms with van der Waals surface area (Å²) in [6.45, 7) is 17.0. The van der Waals surface area contributed by atoms with E-state index < -0.39 is 17.5 Å². The zero-order valence-electron chi connectivity index (χ0n) is 28.7. The lowest BCUT2D eigenvalue weighted by atomic mass is 9.84. The fourth-order valence-corrected chi connectivity index (χ4v) is 7.03. The number of anilines is 3. The highest BCUT2D eigenvalue weighted by Gasteiger charge is 2.52. The Kier molecular flexibility index (Phi) is 12.1. The average Bonchev–Trinajstić information content (AvgIpc) is 3.75. The van der Waals surface area contributed by atoms with Crippen molar-refractivity contribution in [1.82, 2.24) is 19.8 Å². The number of likely N-dealkylation sites (tertiary alicyclic amines) is 1. The number of esters is 1. The molecule has 46 heavy (non-hydrogen) atoms. The number of nitrogens with zero attached hydrogens (tertiary/aromatic N) is 7. The molecule has 2 amide bonds. The van der Waals surface area contributed by atoms with Gasteiger partial charge in [-0.3, -0.25) is 14.4 Å². The van der Waals surface area contributed by atoms with Gasteiger partial charge in [-0.1, -0.05) is 12.8 Å². The van der Waals surface area contributed by atoms with Gasteiger partial charge < -0.3 is 34.0 Å². The highest BCUT2D eigenvalue weighted by Crippen LogP contribution is 2.42. The Labute approximate surface area is 273 Å². The number of ether oxygens (including phenoxy) is 2. The SMILES string of the molecule is CCOC(=O)C1(C(=O)N2CCCC2COC(=O)N2CCN(c3nc(N(CC)CC)nc(N(CC)CC)c3C(C)=O)CC2)CCCC1. The Morgan fingerprint density at radius 3 is 2.02 bits per heavy atom. The van der Waals surface area contributed by atoms with Crippen molar-refractivity contribution < 1.29 is 28.7 Å².